The van der Waals surface area contributed by atoms with E-state index in [0.717, 1.165) is 32.3 Å². The molecule has 94 valence electrons. The Kier molecular flexibility index (Phi) is 6.97. The highest BCUT2D eigenvalue weighted by Gasteiger charge is 2.17. The van der Waals surface area contributed by atoms with Crippen molar-refractivity contribution in [3.05, 3.63) is 0 Å². The van der Waals surface area contributed by atoms with Crippen LogP contribution in [-0.4, -0.2) is 32.1 Å². The van der Waals surface area contributed by atoms with Gasteiger partial charge in [0.25, 0.3) is 0 Å². The van der Waals surface area contributed by atoms with Gasteiger partial charge in [-0.15, -0.1) is 0 Å². The third kappa shape index (κ3) is 5.95. The van der Waals surface area contributed by atoms with E-state index >= 15 is 0 Å². The summed E-state index contributed by atoms with van der Waals surface area (Å²) in [7, 11) is 0. The highest BCUT2D eigenvalue weighted by Crippen LogP contribution is 2.12. The Morgan fingerprint density at radius 2 is 2.19 bits per heavy atom. The van der Waals surface area contributed by atoms with Gasteiger partial charge in [0, 0.05) is 6.61 Å². The van der Waals surface area contributed by atoms with Crippen LogP contribution in [0.1, 0.15) is 45.4 Å². The number of ether oxygens (including phenoxy) is 3. The minimum atomic E-state index is -0.563. The number of unbranched alkanes of at least 4 members (excludes halogenated alkanes) is 3. The van der Waals surface area contributed by atoms with Crippen LogP contribution in [0.25, 0.3) is 0 Å². The topological polar surface area (TPSA) is 44.8 Å². The molecule has 0 saturated carbocycles. The molecular weight excluding hydrogens is 208 g/mol. The highest BCUT2D eigenvalue weighted by molar-refractivity contribution is 5.59. The second-order valence-corrected chi connectivity index (χ2v) is 4.11. The molecule has 1 saturated heterocycles. The SMILES string of the molecule is CCCCCCOC(=O)OCC1CCCO1. The first-order valence-corrected chi connectivity index (χ1v) is 6.24. The van der Waals surface area contributed by atoms with Crippen molar-refractivity contribution < 1.29 is 19.0 Å². The van der Waals surface area contributed by atoms with Crippen LogP contribution in [0.3, 0.4) is 0 Å². The van der Waals surface area contributed by atoms with Gasteiger partial charge < -0.3 is 14.2 Å². The molecule has 0 amide bonds. The van der Waals surface area contributed by atoms with Crippen LogP contribution in [0.15, 0.2) is 0 Å². The van der Waals surface area contributed by atoms with Crippen LogP contribution in [0.4, 0.5) is 4.79 Å². The Morgan fingerprint density at radius 3 is 2.88 bits per heavy atom. The monoisotopic (exact) mass is 230 g/mol. The lowest BCUT2D eigenvalue weighted by Gasteiger charge is -2.10. The standard InChI is InChI=1S/C12H22O4/c1-2-3-4-5-8-15-12(13)16-10-11-7-6-9-14-11/h11H,2-10H2,1H3. The van der Waals surface area contributed by atoms with E-state index in [0.29, 0.717) is 13.2 Å². The van der Waals surface area contributed by atoms with Gasteiger partial charge in [-0.1, -0.05) is 26.2 Å². The first kappa shape index (κ1) is 13.3. The van der Waals surface area contributed by atoms with E-state index in [-0.39, 0.29) is 6.10 Å². The Hall–Kier alpha value is -0.770. The van der Waals surface area contributed by atoms with Crippen LogP contribution in [-0.2, 0) is 14.2 Å². The van der Waals surface area contributed by atoms with Gasteiger partial charge in [-0.25, -0.2) is 4.79 Å². The van der Waals surface area contributed by atoms with E-state index in [1.807, 2.05) is 0 Å². The quantitative estimate of drug-likeness (QED) is 0.498. The average Bonchev–Trinajstić information content (AvgIpc) is 2.79. The zero-order valence-electron chi connectivity index (χ0n) is 10.1. The molecule has 0 aromatic carbocycles. The number of carbonyl (C=O) groups is 1. The Bertz CT molecular complexity index is 187. The first-order chi connectivity index (χ1) is 7.83. The molecule has 1 aliphatic heterocycles. The summed E-state index contributed by atoms with van der Waals surface area (Å²) in [6, 6.07) is 0. The molecule has 4 heteroatoms. The number of rotatable bonds is 7. The third-order valence-electron chi connectivity index (χ3n) is 2.63. The van der Waals surface area contributed by atoms with Gasteiger partial charge >= 0.3 is 6.16 Å². The van der Waals surface area contributed by atoms with Crippen LogP contribution < -0.4 is 0 Å². The fourth-order valence-electron chi connectivity index (χ4n) is 1.66. The lowest BCUT2D eigenvalue weighted by Crippen LogP contribution is -2.18. The van der Waals surface area contributed by atoms with Crippen molar-refractivity contribution in [1.29, 1.82) is 0 Å². The van der Waals surface area contributed by atoms with Gasteiger partial charge in [0.15, 0.2) is 0 Å². The second kappa shape index (κ2) is 8.39. The van der Waals surface area contributed by atoms with E-state index in [1.165, 1.54) is 12.8 Å². The molecule has 1 unspecified atom stereocenters. The van der Waals surface area contributed by atoms with E-state index in [2.05, 4.69) is 6.92 Å². The summed E-state index contributed by atoms with van der Waals surface area (Å²) in [6.45, 7) is 3.72. The Labute approximate surface area is 97.2 Å². The molecule has 0 aliphatic carbocycles. The molecule has 0 N–H and O–H groups in total. The maximum absolute atomic E-state index is 11.1. The van der Waals surface area contributed by atoms with Crippen LogP contribution in [0, 0.1) is 0 Å². The van der Waals surface area contributed by atoms with Gasteiger partial charge in [-0.05, 0) is 19.3 Å². The van der Waals surface area contributed by atoms with Crippen molar-refractivity contribution in [1.82, 2.24) is 0 Å². The van der Waals surface area contributed by atoms with Crippen molar-refractivity contribution in [2.45, 2.75) is 51.6 Å². The molecule has 4 nitrogen and oxygen atoms in total. The van der Waals surface area contributed by atoms with Crippen molar-refractivity contribution in [3.8, 4) is 0 Å². The molecule has 1 rings (SSSR count). The summed E-state index contributed by atoms with van der Waals surface area (Å²) in [4.78, 5) is 11.1. The zero-order valence-corrected chi connectivity index (χ0v) is 10.1. The van der Waals surface area contributed by atoms with Crippen molar-refractivity contribution in [2.24, 2.45) is 0 Å². The molecule has 0 aromatic heterocycles. The summed E-state index contributed by atoms with van der Waals surface area (Å²) in [6.07, 6.45) is 5.94. The van der Waals surface area contributed by atoms with Gasteiger partial charge in [0.05, 0.1) is 12.7 Å². The van der Waals surface area contributed by atoms with E-state index in [4.69, 9.17) is 14.2 Å². The molecule has 1 heterocycles. The lowest BCUT2D eigenvalue weighted by atomic mass is 10.2. The Balaban J connectivity index is 1.90. The lowest BCUT2D eigenvalue weighted by molar-refractivity contribution is 0.00768. The molecule has 0 bridgehead atoms. The molecule has 0 aromatic rings. The van der Waals surface area contributed by atoms with Crippen molar-refractivity contribution in [3.63, 3.8) is 0 Å². The van der Waals surface area contributed by atoms with Crippen LogP contribution >= 0.6 is 0 Å². The van der Waals surface area contributed by atoms with Crippen molar-refractivity contribution in [2.75, 3.05) is 19.8 Å². The fourth-order valence-corrected chi connectivity index (χ4v) is 1.66. The fraction of sp³-hybridized carbons (Fsp3) is 0.917. The molecular formula is C12H22O4. The molecule has 1 fully saturated rings. The van der Waals surface area contributed by atoms with Gasteiger partial charge in [0.2, 0.25) is 0 Å². The molecule has 1 aliphatic rings. The van der Waals surface area contributed by atoms with E-state index in [1.54, 1.807) is 0 Å². The summed E-state index contributed by atoms with van der Waals surface area (Å²) >= 11 is 0. The van der Waals surface area contributed by atoms with E-state index in [9.17, 15) is 4.79 Å². The molecule has 0 spiro atoms. The van der Waals surface area contributed by atoms with Gasteiger partial charge in [0.1, 0.15) is 6.61 Å². The minimum absolute atomic E-state index is 0.0765. The van der Waals surface area contributed by atoms with Gasteiger partial charge in [-0.2, -0.15) is 0 Å². The molecule has 1 atom stereocenters. The zero-order chi connectivity index (χ0) is 11.6. The number of hydrogen-bond acceptors (Lipinski definition) is 4. The summed E-state index contributed by atoms with van der Waals surface area (Å²) in [5.41, 5.74) is 0. The maximum Gasteiger partial charge on any atom is 0.508 e. The summed E-state index contributed by atoms with van der Waals surface area (Å²) in [5.74, 6) is 0. The van der Waals surface area contributed by atoms with Gasteiger partial charge in [-0.3, -0.25) is 0 Å². The predicted molar refractivity (Wildman–Crippen MR) is 60.4 cm³/mol. The average molecular weight is 230 g/mol. The number of hydrogen-bond donors (Lipinski definition) is 0. The molecule has 0 radical (unpaired) electrons. The highest BCUT2D eigenvalue weighted by atomic mass is 16.7. The predicted octanol–water partition coefficient (Wildman–Crippen LogP) is 2.90. The largest absolute Gasteiger partial charge is 0.508 e. The molecule has 16 heavy (non-hydrogen) atoms. The van der Waals surface area contributed by atoms with E-state index < -0.39 is 6.16 Å². The van der Waals surface area contributed by atoms with Crippen LogP contribution in [0.5, 0.6) is 0 Å². The van der Waals surface area contributed by atoms with Crippen molar-refractivity contribution >= 4 is 6.16 Å². The normalized spacial score (nSPS) is 19.7. The summed E-state index contributed by atoms with van der Waals surface area (Å²) < 4.78 is 15.2. The summed E-state index contributed by atoms with van der Waals surface area (Å²) in [5, 5.41) is 0. The first-order valence-electron chi connectivity index (χ1n) is 6.24. The third-order valence-corrected chi connectivity index (χ3v) is 2.63. The minimum Gasteiger partial charge on any atom is -0.434 e. The number of carbonyl (C=O) groups excluding carboxylic acids is 1. The Morgan fingerprint density at radius 1 is 1.31 bits per heavy atom. The maximum atomic E-state index is 11.1. The smallest absolute Gasteiger partial charge is 0.434 e. The van der Waals surface area contributed by atoms with Crippen LogP contribution in [0.2, 0.25) is 0 Å². The second-order valence-electron chi connectivity index (χ2n) is 4.11.